The van der Waals surface area contributed by atoms with Gasteiger partial charge in [0.25, 0.3) is 5.69 Å². The Hall–Kier alpha value is -2.55. The molecule has 0 radical (unpaired) electrons. The number of rotatable bonds is 5. The highest BCUT2D eigenvalue weighted by atomic mass is 32.2. The fourth-order valence-corrected chi connectivity index (χ4v) is 2.73. The van der Waals surface area contributed by atoms with Gasteiger partial charge >= 0.3 is 11.9 Å². The Kier molecular flexibility index (Phi) is 5.38. The van der Waals surface area contributed by atoms with Gasteiger partial charge in [0, 0.05) is 13.1 Å². The van der Waals surface area contributed by atoms with Gasteiger partial charge in [0.2, 0.25) is 0 Å². The molecular formula is C11H9F3N4O4S. The third kappa shape index (κ3) is 3.81. The minimum absolute atomic E-state index is 0.227. The third-order valence-corrected chi connectivity index (χ3v) is 3.75. The number of hydrogen-bond donors (Lipinski definition) is 1. The molecule has 1 N–H and O–H groups in total. The average Bonchev–Trinajstić information content (AvgIpc) is 2.43. The molecule has 0 aliphatic rings. The van der Waals surface area contributed by atoms with Gasteiger partial charge in [-0.2, -0.15) is 18.4 Å². The van der Waals surface area contributed by atoms with E-state index in [1.807, 2.05) is 0 Å². The second kappa shape index (κ2) is 6.69. The number of nitro benzene ring substituents is 2. The summed E-state index contributed by atoms with van der Waals surface area (Å²) < 4.78 is 39.5. The van der Waals surface area contributed by atoms with Gasteiger partial charge in [0.15, 0.2) is 5.69 Å². The first-order chi connectivity index (χ1) is 10.5. The van der Waals surface area contributed by atoms with Gasteiger partial charge in [0.1, 0.15) is 4.90 Å². The van der Waals surface area contributed by atoms with E-state index < -0.39 is 48.8 Å². The van der Waals surface area contributed by atoms with E-state index >= 15 is 0 Å². The number of alkyl halides is 3. The smallest absolute Gasteiger partial charge is 0.377 e. The zero-order valence-electron chi connectivity index (χ0n) is 11.7. The highest BCUT2D eigenvalue weighted by Crippen LogP contribution is 2.49. The summed E-state index contributed by atoms with van der Waals surface area (Å²) in [5.74, 6) is 0. The summed E-state index contributed by atoms with van der Waals surface area (Å²) in [5.41, 5.74) is -4.33. The molecule has 1 aromatic carbocycles. The number of halogens is 3. The lowest BCUT2D eigenvalue weighted by Crippen LogP contribution is -2.13. The van der Waals surface area contributed by atoms with Crippen molar-refractivity contribution in [2.45, 2.75) is 23.2 Å². The molecule has 1 atom stereocenters. The van der Waals surface area contributed by atoms with E-state index in [9.17, 15) is 33.4 Å². The Morgan fingerprint density at radius 2 is 1.91 bits per heavy atom. The van der Waals surface area contributed by atoms with Crippen LogP contribution in [0.1, 0.15) is 12.5 Å². The zero-order chi connectivity index (χ0) is 17.9. The lowest BCUT2D eigenvalue weighted by molar-refractivity contribution is -0.394. The molecular weight excluding hydrogens is 341 g/mol. The van der Waals surface area contributed by atoms with Crippen molar-refractivity contribution in [2.24, 2.45) is 0 Å². The standard InChI is InChI=1S/C11H9F3N4O4S/c1-5(4-15)23-10-6(11(12,13)14)3-7(17(19)20)8(16-2)9(10)18(21)22/h3,5,16H,1-2H3. The maximum absolute atomic E-state index is 13.2. The molecule has 1 rings (SSSR count). The Bertz CT molecular complexity index is 702. The van der Waals surface area contributed by atoms with Gasteiger partial charge in [-0.3, -0.25) is 20.2 Å². The van der Waals surface area contributed by atoms with Crippen LogP contribution >= 0.6 is 11.8 Å². The van der Waals surface area contributed by atoms with Crippen LogP contribution in [-0.4, -0.2) is 22.1 Å². The normalized spacial score (nSPS) is 12.3. The first-order valence-electron chi connectivity index (χ1n) is 5.85. The van der Waals surface area contributed by atoms with Crippen LogP contribution in [0.2, 0.25) is 0 Å². The zero-order valence-corrected chi connectivity index (χ0v) is 12.5. The first kappa shape index (κ1) is 18.5. The quantitative estimate of drug-likeness (QED) is 0.489. The van der Waals surface area contributed by atoms with E-state index in [1.165, 1.54) is 6.92 Å². The number of nitrogens with one attached hydrogen (secondary N) is 1. The summed E-state index contributed by atoms with van der Waals surface area (Å²) >= 11 is 0.317. The number of hydrogen-bond acceptors (Lipinski definition) is 7. The number of anilines is 1. The Balaban J connectivity index is 3.92. The topological polar surface area (TPSA) is 122 Å². The van der Waals surface area contributed by atoms with E-state index in [4.69, 9.17) is 5.26 Å². The molecule has 1 unspecified atom stereocenters. The lowest BCUT2D eigenvalue weighted by atomic mass is 10.1. The van der Waals surface area contributed by atoms with E-state index in [0.29, 0.717) is 11.8 Å². The Morgan fingerprint density at radius 3 is 2.26 bits per heavy atom. The summed E-state index contributed by atoms with van der Waals surface area (Å²) in [6.45, 7) is 1.26. The van der Waals surface area contributed by atoms with Crippen LogP contribution in [0.25, 0.3) is 0 Å². The van der Waals surface area contributed by atoms with E-state index in [2.05, 4.69) is 5.32 Å². The van der Waals surface area contributed by atoms with Crippen LogP contribution in [0.3, 0.4) is 0 Å². The van der Waals surface area contributed by atoms with Crippen molar-refractivity contribution in [1.82, 2.24) is 0 Å². The van der Waals surface area contributed by atoms with Crippen LogP contribution in [0.4, 0.5) is 30.2 Å². The second-order valence-corrected chi connectivity index (χ2v) is 5.50. The predicted octanol–water partition coefficient (Wildman–Crippen LogP) is 3.57. The fourth-order valence-electron chi connectivity index (χ4n) is 1.73. The first-order valence-corrected chi connectivity index (χ1v) is 6.73. The molecule has 1 aromatic rings. The molecule has 23 heavy (non-hydrogen) atoms. The van der Waals surface area contributed by atoms with Crippen LogP contribution in [0.15, 0.2) is 11.0 Å². The van der Waals surface area contributed by atoms with Crippen LogP contribution in [0.5, 0.6) is 0 Å². The van der Waals surface area contributed by atoms with E-state index in [-0.39, 0.29) is 6.07 Å². The summed E-state index contributed by atoms with van der Waals surface area (Å²) in [5, 5.41) is 32.1. The predicted molar refractivity (Wildman–Crippen MR) is 75.2 cm³/mol. The fraction of sp³-hybridized carbons (Fsp3) is 0.364. The molecule has 0 fully saturated rings. The van der Waals surface area contributed by atoms with Crippen molar-refractivity contribution in [3.63, 3.8) is 0 Å². The van der Waals surface area contributed by atoms with Gasteiger partial charge in [-0.15, -0.1) is 0 Å². The van der Waals surface area contributed by atoms with E-state index in [1.54, 1.807) is 6.07 Å². The van der Waals surface area contributed by atoms with Gasteiger partial charge in [0.05, 0.1) is 26.7 Å². The lowest BCUT2D eigenvalue weighted by Gasteiger charge is -2.15. The molecule has 0 spiro atoms. The van der Waals surface area contributed by atoms with Crippen LogP contribution in [0, 0.1) is 31.6 Å². The molecule has 0 saturated heterocycles. The van der Waals surface area contributed by atoms with E-state index in [0.717, 1.165) is 7.05 Å². The number of thioether (sulfide) groups is 1. The SMILES string of the molecule is CNc1c([N+](=O)[O-])cc(C(F)(F)F)c(SC(C)C#N)c1[N+](=O)[O-]. The molecule has 0 heterocycles. The van der Waals surface area contributed by atoms with Crippen molar-refractivity contribution in [3.05, 3.63) is 31.9 Å². The highest BCUT2D eigenvalue weighted by molar-refractivity contribution is 8.00. The van der Waals surface area contributed by atoms with Crippen molar-refractivity contribution in [2.75, 3.05) is 12.4 Å². The van der Waals surface area contributed by atoms with Gasteiger partial charge < -0.3 is 5.32 Å². The minimum Gasteiger partial charge on any atom is -0.377 e. The molecule has 0 bridgehead atoms. The van der Waals surface area contributed by atoms with Gasteiger partial charge in [-0.05, 0) is 6.92 Å². The van der Waals surface area contributed by atoms with Crippen molar-refractivity contribution >= 4 is 28.8 Å². The Morgan fingerprint density at radius 1 is 1.35 bits per heavy atom. The molecule has 0 saturated carbocycles. The van der Waals surface area contributed by atoms with Crippen molar-refractivity contribution < 1.29 is 23.0 Å². The van der Waals surface area contributed by atoms with Crippen molar-refractivity contribution in [1.29, 1.82) is 5.26 Å². The molecule has 0 amide bonds. The minimum atomic E-state index is -5.06. The number of nitro groups is 2. The largest absolute Gasteiger partial charge is 0.417 e. The van der Waals surface area contributed by atoms with Crippen LogP contribution < -0.4 is 5.32 Å². The summed E-state index contributed by atoms with van der Waals surface area (Å²) in [7, 11) is 1.12. The maximum Gasteiger partial charge on any atom is 0.417 e. The summed E-state index contributed by atoms with van der Waals surface area (Å²) in [4.78, 5) is 19.0. The molecule has 8 nitrogen and oxygen atoms in total. The summed E-state index contributed by atoms with van der Waals surface area (Å²) in [6, 6.07) is 1.88. The number of benzene rings is 1. The highest BCUT2D eigenvalue weighted by Gasteiger charge is 2.42. The molecule has 124 valence electrons. The summed E-state index contributed by atoms with van der Waals surface area (Å²) in [6.07, 6.45) is -5.06. The maximum atomic E-state index is 13.2. The van der Waals surface area contributed by atoms with Gasteiger partial charge in [-0.25, -0.2) is 0 Å². The molecule has 0 aromatic heterocycles. The molecule has 0 aliphatic heterocycles. The third-order valence-electron chi connectivity index (χ3n) is 2.64. The monoisotopic (exact) mass is 350 g/mol. The van der Waals surface area contributed by atoms with Gasteiger partial charge in [-0.1, -0.05) is 11.8 Å². The Labute approximate surface area is 131 Å². The number of nitrogens with zero attached hydrogens (tertiary/aromatic N) is 3. The van der Waals surface area contributed by atoms with Crippen LogP contribution in [-0.2, 0) is 6.18 Å². The molecule has 12 heteroatoms. The molecule has 0 aliphatic carbocycles. The average molecular weight is 350 g/mol. The number of nitriles is 1. The second-order valence-electron chi connectivity index (χ2n) is 4.15. The van der Waals surface area contributed by atoms with Crippen molar-refractivity contribution in [3.8, 4) is 6.07 Å².